The first-order valence-corrected chi connectivity index (χ1v) is 9.31. The van der Waals surface area contributed by atoms with Crippen LogP contribution in [0.1, 0.15) is 25.3 Å². The van der Waals surface area contributed by atoms with E-state index < -0.39 is 0 Å². The van der Waals surface area contributed by atoms with E-state index in [9.17, 15) is 13.6 Å². The number of halogens is 2. The van der Waals surface area contributed by atoms with Gasteiger partial charge in [0.15, 0.2) is 0 Å². The van der Waals surface area contributed by atoms with Crippen LogP contribution >= 0.6 is 0 Å². The van der Waals surface area contributed by atoms with E-state index in [0.29, 0.717) is 29.2 Å². The van der Waals surface area contributed by atoms with E-state index in [1.807, 2.05) is 13.0 Å². The highest BCUT2D eigenvalue weighted by atomic mass is 19.1. The average molecular weight is 396 g/mol. The number of carbonyl (C=O) groups is 1. The van der Waals surface area contributed by atoms with Gasteiger partial charge in [-0.15, -0.1) is 0 Å². The van der Waals surface area contributed by atoms with Crippen LogP contribution in [-0.2, 0) is 11.3 Å². The van der Waals surface area contributed by atoms with Crippen molar-refractivity contribution in [3.63, 3.8) is 0 Å². The Kier molecular flexibility index (Phi) is 6.44. The van der Waals surface area contributed by atoms with Gasteiger partial charge in [0, 0.05) is 24.7 Å². The molecule has 0 aromatic heterocycles. The highest BCUT2D eigenvalue weighted by Crippen LogP contribution is 2.25. The second kappa shape index (κ2) is 9.19. The summed E-state index contributed by atoms with van der Waals surface area (Å²) in [4.78, 5) is 12.5. The van der Waals surface area contributed by atoms with Gasteiger partial charge in [-0.2, -0.15) is 0 Å². The lowest BCUT2D eigenvalue weighted by Crippen LogP contribution is -2.26. The highest BCUT2D eigenvalue weighted by Gasteiger charge is 2.16. The highest BCUT2D eigenvalue weighted by molar-refractivity contribution is 5.97. The first-order valence-electron chi connectivity index (χ1n) is 9.31. The molecule has 3 N–H and O–H groups in total. The van der Waals surface area contributed by atoms with Crippen molar-refractivity contribution >= 4 is 5.91 Å². The molecule has 0 saturated carbocycles. The molecule has 2 aromatic rings. The lowest BCUT2D eigenvalue weighted by atomic mass is 10.1. The molecule has 150 valence electrons. The average Bonchev–Trinajstić information content (AvgIpc) is 2.84. The summed E-state index contributed by atoms with van der Waals surface area (Å²) in [5.74, 6) is -0.200. The molecule has 4 nitrogen and oxygen atoms in total. The van der Waals surface area contributed by atoms with Crippen LogP contribution in [0, 0.1) is 5.82 Å². The van der Waals surface area contributed by atoms with Crippen LogP contribution in [0.2, 0.25) is 0 Å². The number of carbonyl (C=O) groups excluding carboxylic acids is 1. The van der Waals surface area contributed by atoms with Crippen molar-refractivity contribution in [3.05, 3.63) is 94.7 Å². The van der Waals surface area contributed by atoms with E-state index in [1.54, 1.807) is 30.3 Å². The molecular formula is C23H22F2N2O2. The lowest BCUT2D eigenvalue weighted by Gasteiger charge is -2.11. The summed E-state index contributed by atoms with van der Waals surface area (Å²) in [6.45, 7) is 2.08. The summed E-state index contributed by atoms with van der Waals surface area (Å²) in [5.41, 5.74) is 7.98. The zero-order valence-electron chi connectivity index (χ0n) is 16.0. The fraction of sp³-hybridized carbons (Fsp3) is 0.174. The van der Waals surface area contributed by atoms with Gasteiger partial charge in [0.25, 0.3) is 5.91 Å². The maximum Gasteiger partial charge on any atom is 0.253 e. The van der Waals surface area contributed by atoms with Crippen LogP contribution in [0.25, 0.3) is 0 Å². The number of nitrogens with one attached hydrogen (secondary N) is 1. The molecular weight excluding hydrogens is 374 g/mol. The predicted octanol–water partition coefficient (Wildman–Crippen LogP) is 5.04. The summed E-state index contributed by atoms with van der Waals surface area (Å²) in [5, 5.41) is 2.79. The quantitative estimate of drug-likeness (QED) is 0.719. The number of allylic oxidation sites excluding steroid dienone is 3. The molecule has 0 heterocycles. The van der Waals surface area contributed by atoms with Gasteiger partial charge in [-0.1, -0.05) is 25.1 Å². The van der Waals surface area contributed by atoms with Crippen LogP contribution in [0.15, 0.2) is 83.4 Å². The van der Waals surface area contributed by atoms with Crippen molar-refractivity contribution in [3.8, 4) is 11.5 Å². The van der Waals surface area contributed by atoms with Crippen molar-refractivity contribution in [1.29, 1.82) is 0 Å². The molecule has 29 heavy (non-hydrogen) atoms. The summed E-state index contributed by atoms with van der Waals surface area (Å²) in [6.07, 6.45) is 3.45. The van der Waals surface area contributed by atoms with Crippen LogP contribution in [0.5, 0.6) is 11.5 Å². The minimum absolute atomic E-state index is 0.231. The SMILES string of the molecule is CCC1=C(F)C=CC(C(=O)NCc2cccc(Oc3cccc(F)c3)c2)=C(N)C1. The Hall–Kier alpha value is -3.41. The molecule has 1 amide bonds. The van der Waals surface area contributed by atoms with Crippen molar-refractivity contribution in [1.82, 2.24) is 5.32 Å². The number of hydrogen-bond acceptors (Lipinski definition) is 3. The van der Waals surface area contributed by atoms with Gasteiger partial charge in [0.05, 0.1) is 5.57 Å². The van der Waals surface area contributed by atoms with Crippen LogP contribution in [0.3, 0.4) is 0 Å². The molecule has 0 atom stereocenters. The van der Waals surface area contributed by atoms with Gasteiger partial charge in [-0.25, -0.2) is 8.78 Å². The summed E-state index contributed by atoms with van der Waals surface area (Å²) < 4.78 is 32.9. The van der Waals surface area contributed by atoms with Crippen LogP contribution in [0.4, 0.5) is 8.78 Å². The fourth-order valence-corrected chi connectivity index (χ4v) is 2.97. The predicted molar refractivity (Wildman–Crippen MR) is 108 cm³/mol. The Morgan fingerprint density at radius 2 is 1.83 bits per heavy atom. The van der Waals surface area contributed by atoms with Gasteiger partial charge in [0.1, 0.15) is 23.1 Å². The number of rotatable bonds is 6. The van der Waals surface area contributed by atoms with E-state index in [2.05, 4.69) is 5.32 Å². The minimum atomic E-state index is -0.384. The molecule has 0 radical (unpaired) electrons. The van der Waals surface area contributed by atoms with Crippen molar-refractivity contribution in [2.75, 3.05) is 0 Å². The van der Waals surface area contributed by atoms with Crippen molar-refractivity contribution in [2.45, 2.75) is 26.3 Å². The number of benzene rings is 2. The van der Waals surface area contributed by atoms with Crippen LogP contribution < -0.4 is 15.8 Å². The second-order valence-electron chi connectivity index (χ2n) is 6.64. The number of ether oxygens (including phenoxy) is 1. The molecule has 0 saturated heterocycles. The Balaban J connectivity index is 1.66. The zero-order valence-corrected chi connectivity index (χ0v) is 16.0. The van der Waals surface area contributed by atoms with Crippen LogP contribution in [-0.4, -0.2) is 5.91 Å². The van der Waals surface area contributed by atoms with E-state index in [4.69, 9.17) is 10.5 Å². The molecule has 1 aliphatic carbocycles. The molecule has 3 rings (SSSR count). The summed E-state index contributed by atoms with van der Waals surface area (Å²) in [6, 6.07) is 13.0. The van der Waals surface area contributed by atoms with E-state index in [0.717, 1.165) is 5.56 Å². The van der Waals surface area contributed by atoms with E-state index >= 15 is 0 Å². The molecule has 0 unspecified atom stereocenters. The first-order chi connectivity index (χ1) is 14.0. The molecule has 0 spiro atoms. The van der Waals surface area contributed by atoms with Crippen molar-refractivity contribution in [2.24, 2.45) is 5.73 Å². The topological polar surface area (TPSA) is 64.3 Å². The summed E-state index contributed by atoms with van der Waals surface area (Å²) >= 11 is 0. The van der Waals surface area contributed by atoms with Gasteiger partial charge < -0.3 is 15.8 Å². The summed E-state index contributed by atoms with van der Waals surface area (Å²) in [7, 11) is 0. The maximum absolute atomic E-state index is 14.0. The third kappa shape index (κ3) is 5.31. The molecule has 0 bridgehead atoms. The first kappa shape index (κ1) is 20.3. The smallest absolute Gasteiger partial charge is 0.253 e. The van der Waals surface area contributed by atoms with Gasteiger partial charge in [-0.05, 0) is 54.0 Å². The third-order valence-electron chi connectivity index (χ3n) is 4.54. The normalized spacial score (nSPS) is 14.0. The van der Waals surface area contributed by atoms with Gasteiger partial charge >= 0.3 is 0 Å². The maximum atomic E-state index is 14.0. The van der Waals surface area contributed by atoms with Gasteiger partial charge in [-0.3, -0.25) is 4.79 Å². The second-order valence-corrected chi connectivity index (χ2v) is 6.64. The molecule has 6 heteroatoms. The molecule has 2 aromatic carbocycles. The van der Waals surface area contributed by atoms with Gasteiger partial charge in [0.2, 0.25) is 0 Å². The van der Waals surface area contributed by atoms with E-state index in [1.165, 1.54) is 24.3 Å². The molecule has 1 aliphatic rings. The Morgan fingerprint density at radius 1 is 1.10 bits per heavy atom. The Bertz CT molecular complexity index is 1010. The number of amides is 1. The van der Waals surface area contributed by atoms with Crippen molar-refractivity contribution < 1.29 is 18.3 Å². The molecule has 0 fully saturated rings. The van der Waals surface area contributed by atoms with E-state index in [-0.39, 0.29) is 36.1 Å². The standard InChI is InChI=1S/C23H22F2N2O2/c1-2-16-12-22(26)20(9-10-21(16)25)23(28)27-14-15-5-3-7-18(11-15)29-19-8-4-6-17(24)13-19/h3-11,13H,2,12,14,26H2,1H3,(H,27,28). The minimum Gasteiger partial charge on any atom is -0.457 e. The largest absolute Gasteiger partial charge is 0.457 e. The Morgan fingerprint density at radius 3 is 2.55 bits per heavy atom. The Labute approximate surface area is 168 Å². The monoisotopic (exact) mass is 396 g/mol. The number of nitrogens with two attached hydrogens (primary N) is 1. The lowest BCUT2D eigenvalue weighted by molar-refractivity contribution is -0.117. The molecule has 0 aliphatic heterocycles. The fourth-order valence-electron chi connectivity index (χ4n) is 2.97. The number of hydrogen-bond donors (Lipinski definition) is 2. The third-order valence-corrected chi connectivity index (χ3v) is 4.54. The zero-order chi connectivity index (χ0) is 20.8.